The van der Waals surface area contributed by atoms with E-state index in [1.54, 1.807) is 79.4 Å². The number of thiazole rings is 1. The first-order valence-corrected chi connectivity index (χ1v) is 15.5. The lowest BCUT2D eigenvalue weighted by molar-refractivity contribution is -0.127. The third kappa shape index (κ3) is 5.68. The molecule has 0 radical (unpaired) electrons. The third-order valence-electron chi connectivity index (χ3n) is 6.71. The summed E-state index contributed by atoms with van der Waals surface area (Å²) in [6.07, 6.45) is 4.99. The van der Waals surface area contributed by atoms with Crippen LogP contribution < -0.4 is 24.4 Å². The van der Waals surface area contributed by atoms with Gasteiger partial charge in [-0.05, 0) is 78.8 Å². The van der Waals surface area contributed by atoms with Crippen LogP contribution in [0.5, 0.6) is 11.5 Å². The molecule has 0 saturated carbocycles. The number of nitrogens with zero attached hydrogens (tertiary/aromatic N) is 5. The van der Waals surface area contributed by atoms with Gasteiger partial charge in [-0.1, -0.05) is 11.3 Å². The van der Waals surface area contributed by atoms with Crippen molar-refractivity contribution in [3.8, 4) is 11.5 Å². The molecule has 42 heavy (non-hydrogen) atoms. The number of methoxy groups -OCH3 is 2. The molecule has 1 aromatic carbocycles. The number of halogens is 1. The van der Waals surface area contributed by atoms with Crippen molar-refractivity contribution in [2.24, 2.45) is 4.99 Å². The van der Waals surface area contributed by atoms with Crippen molar-refractivity contribution in [1.82, 2.24) is 19.4 Å². The van der Waals surface area contributed by atoms with E-state index in [0.29, 0.717) is 71.2 Å². The van der Waals surface area contributed by atoms with Crippen LogP contribution in [0.3, 0.4) is 0 Å². The number of aromatic nitrogens is 3. The van der Waals surface area contributed by atoms with Crippen LogP contribution >= 0.6 is 39.0 Å². The van der Waals surface area contributed by atoms with Crippen LogP contribution in [0.4, 0.5) is 0 Å². The highest BCUT2D eigenvalue weighted by Gasteiger charge is 2.36. The van der Waals surface area contributed by atoms with Crippen LogP contribution in [0.15, 0.2) is 82.9 Å². The minimum Gasteiger partial charge on any atom is -0.497 e. The molecule has 4 aromatic rings. The summed E-state index contributed by atoms with van der Waals surface area (Å²) in [6.45, 7) is 6.67. The first-order chi connectivity index (χ1) is 20.3. The first kappa shape index (κ1) is 29.8. The number of carbonyl (C=O) groups is 1. The molecule has 13 heteroatoms. The van der Waals surface area contributed by atoms with Gasteiger partial charge in [0.15, 0.2) is 15.1 Å². The molecule has 0 spiro atoms. The van der Waals surface area contributed by atoms with Gasteiger partial charge in [0.1, 0.15) is 23.3 Å². The minimum absolute atomic E-state index is 0.190. The number of hydrogen-bond donors (Lipinski definition) is 0. The molecule has 0 aliphatic carbocycles. The Bertz CT molecular complexity index is 1840. The molecule has 1 aliphatic heterocycles. The van der Waals surface area contributed by atoms with Gasteiger partial charge in [0.2, 0.25) is 0 Å². The fourth-order valence-corrected chi connectivity index (χ4v) is 6.95. The van der Waals surface area contributed by atoms with Gasteiger partial charge in [-0.3, -0.25) is 14.2 Å². The molecule has 1 atom stereocenters. The lowest BCUT2D eigenvalue weighted by Crippen LogP contribution is -2.43. The zero-order valence-corrected chi connectivity index (χ0v) is 26.8. The maximum Gasteiger partial charge on any atom is 0.271 e. The highest BCUT2D eigenvalue weighted by atomic mass is 79.9. The molecule has 218 valence electrons. The van der Waals surface area contributed by atoms with Crippen molar-refractivity contribution in [2.75, 3.05) is 27.3 Å². The molecule has 3 aromatic heterocycles. The molecule has 1 aliphatic rings. The van der Waals surface area contributed by atoms with Crippen LogP contribution in [0.2, 0.25) is 0 Å². The zero-order chi connectivity index (χ0) is 30.0. The Hall–Kier alpha value is -3.68. The largest absolute Gasteiger partial charge is 0.497 e. The second kappa shape index (κ2) is 12.7. The fraction of sp³-hybridized carbons (Fsp3) is 0.276. The summed E-state index contributed by atoms with van der Waals surface area (Å²) in [4.78, 5) is 43.4. The summed E-state index contributed by atoms with van der Waals surface area (Å²) in [5, 5.41) is 1.09. The van der Waals surface area contributed by atoms with Crippen molar-refractivity contribution < 1.29 is 18.7 Å². The molecule has 10 nitrogen and oxygen atoms in total. The van der Waals surface area contributed by atoms with Crippen LogP contribution in [-0.4, -0.2) is 52.7 Å². The monoisotopic (exact) mass is 669 g/mol. The lowest BCUT2D eigenvalue weighted by Gasteiger charge is -2.30. The number of ether oxygens (including phenoxy) is 2. The molecule has 4 heterocycles. The van der Waals surface area contributed by atoms with Gasteiger partial charge in [-0.2, -0.15) is 0 Å². The number of carbonyl (C=O) groups excluding carboxylic acids is 1. The highest BCUT2D eigenvalue weighted by molar-refractivity contribution is 9.10. The maximum absolute atomic E-state index is 14.1. The van der Waals surface area contributed by atoms with Gasteiger partial charge in [0.25, 0.3) is 11.5 Å². The van der Waals surface area contributed by atoms with E-state index in [2.05, 4.69) is 25.9 Å². The molecule has 0 N–H and O–H groups in total. The zero-order valence-electron chi connectivity index (χ0n) is 23.6. The van der Waals surface area contributed by atoms with Gasteiger partial charge >= 0.3 is 0 Å². The molecule has 0 saturated heterocycles. The summed E-state index contributed by atoms with van der Waals surface area (Å²) in [5.74, 6) is 1.38. The minimum atomic E-state index is -0.786. The number of hydrogen-bond acceptors (Lipinski definition) is 10. The number of furan rings is 1. The van der Waals surface area contributed by atoms with Crippen LogP contribution in [0, 0.1) is 0 Å². The predicted molar refractivity (Wildman–Crippen MR) is 164 cm³/mol. The van der Waals surface area contributed by atoms with Gasteiger partial charge in [0.05, 0.1) is 34.5 Å². The summed E-state index contributed by atoms with van der Waals surface area (Å²) in [5.41, 5.74) is 1.26. The average Bonchev–Trinajstić information content (AvgIpc) is 3.49. The van der Waals surface area contributed by atoms with Crippen molar-refractivity contribution in [3.05, 3.63) is 89.5 Å². The van der Waals surface area contributed by atoms with E-state index in [9.17, 15) is 9.59 Å². The second-order valence-corrected chi connectivity index (χ2v) is 11.9. The van der Waals surface area contributed by atoms with Crippen molar-refractivity contribution >= 4 is 51.0 Å². The molecule has 0 unspecified atom stereocenters. The Morgan fingerprint density at radius 1 is 1.19 bits per heavy atom. The van der Waals surface area contributed by atoms with Crippen LogP contribution in [0.25, 0.3) is 6.08 Å². The summed E-state index contributed by atoms with van der Waals surface area (Å²) in [6, 6.07) is 8.09. The maximum atomic E-state index is 14.1. The molecule has 0 fully saturated rings. The van der Waals surface area contributed by atoms with E-state index < -0.39 is 6.04 Å². The molecule has 0 bridgehead atoms. The van der Waals surface area contributed by atoms with Crippen LogP contribution in [-0.2, 0) is 4.79 Å². The van der Waals surface area contributed by atoms with E-state index in [4.69, 9.17) is 18.9 Å². The molecular weight excluding hydrogens is 642 g/mol. The fourth-order valence-electron chi connectivity index (χ4n) is 4.68. The third-order valence-corrected chi connectivity index (χ3v) is 9.42. The number of amides is 1. The number of benzene rings is 1. The molecule has 5 rings (SSSR count). The Morgan fingerprint density at radius 3 is 2.60 bits per heavy atom. The van der Waals surface area contributed by atoms with E-state index in [-0.39, 0.29) is 11.5 Å². The topological polar surface area (TPSA) is 112 Å². The standard InChI is InChI=1S/C29H28BrN5O5S2/c1-6-34(7-2)26(37)23-16(3)33-29-35(24(23)19-13-17(38-4)9-10-21(19)39-5)25(36)22(41-29)15-18-14-20(30)27(40-18)42-28-31-11-8-12-32-28/h8-15,24H,6-7H2,1-5H3/b22-15-/t24-/m0/s1. The first-order valence-electron chi connectivity index (χ1n) is 13.1. The van der Waals surface area contributed by atoms with Gasteiger partial charge in [-0.15, -0.1) is 0 Å². The van der Waals surface area contributed by atoms with E-state index in [0.717, 1.165) is 0 Å². The van der Waals surface area contributed by atoms with Gasteiger partial charge < -0.3 is 18.8 Å². The smallest absolute Gasteiger partial charge is 0.271 e. The average molecular weight is 671 g/mol. The summed E-state index contributed by atoms with van der Waals surface area (Å²) < 4.78 is 19.9. The number of fused-ring (bicyclic) bond motifs is 1. The molecule has 1 amide bonds. The normalized spacial score (nSPS) is 14.9. The molecular formula is C29H28BrN5O5S2. The number of likely N-dealkylation sites (N-methyl/N-ethyl adjacent to an activating group) is 1. The van der Waals surface area contributed by atoms with Gasteiger partial charge in [0, 0.05) is 37.1 Å². The Labute approximate surface area is 258 Å². The SMILES string of the molecule is CCN(CC)C(=O)C1=C(C)N=c2s/c(=C\c3cc(Br)c(Sc4ncccn4)o3)c(=O)n2[C@H]1c1cc(OC)ccc1OC. The number of rotatable bonds is 9. The highest BCUT2D eigenvalue weighted by Crippen LogP contribution is 2.38. The van der Waals surface area contributed by atoms with Crippen molar-refractivity contribution in [1.29, 1.82) is 0 Å². The van der Waals surface area contributed by atoms with E-state index in [1.165, 1.54) is 23.1 Å². The van der Waals surface area contributed by atoms with E-state index >= 15 is 0 Å². The van der Waals surface area contributed by atoms with E-state index in [1.807, 2.05) is 13.8 Å². The summed E-state index contributed by atoms with van der Waals surface area (Å²) >= 11 is 6.02. The number of allylic oxidation sites excluding steroid dienone is 1. The summed E-state index contributed by atoms with van der Waals surface area (Å²) in [7, 11) is 3.13. The Kier molecular flexibility index (Phi) is 8.99. The lowest BCUT2D eigenvalue weighted by atomic mass is 9.93. The Balaban J connectivity index is 1.68. The second-order valence-electron chi connectivity index (χ2n) is 9.08. The predicted octanol–water partition coefficient (Wildman–Crippen LogP) is 4.42. The van der Waals surface area contributed by atoms with Crippen LogP contribution in [0.1, 0.15) is 38.1 Å². The van der Waals surface area contributed by atoms with Crippen molar-refractivity contribution in [2.45, 2.75) is 37.1 Å². The quantitative estimate of drug-likeness (QED) is 0.241. The van der Waals surface area contributed by atoms with Gasteiger partial charge in [-0.25, -0.2) is 15.0 Å². The van der Waals surface area contributed by atoms with Crippen molar-refractivity contribution in [3.63, 3.8) is 0 Å². The Morgan fingerprint density at radius 2 is 1.93 bits per heavy atom.